The molecule has 5 rings (SSSR count). The van der Waals surface area contributed by atoms with Gasteiger partial charge < -0.3 is 23.9 Å². The molecular formula is C27H22ClN3O5S. The third kappa shape index (κ3) is 5.73. The van der Waals surface area contributed by atoms with E-state index in [0.29, 0.717) is 40.7 Å². The molecule has 0 atom stereocenters. The Labute approximate surface area is 222 Å². The molecule has 188 valence electrons. The summed E-state index contributed by atoms with van der Waals surface area (Å²) in [5, 5.41) is 19.5. The smallest absolute Gasteiger partial charge is 0.342 e. The van der Waals surface area contributed by atoms with Crippen LogP contribution < -0.4 is 14.2 Å². The van der Waals surface area contributed by atoms with Gasteiger partial charge in [-0.05, 0) is 84.4 Å². The number of thioether (sulfide) groups is 1. The molecule has 8 nitrogen and oxygen atoms in total. The van der Waals surface area contributed by atoms with Gasteiger partial charge in [0.15, 0.2) is 22.5 Å². The van der Waals surface area contributed by atoms with Gasteiger partial charge in [0.25, 0.3) is 0 Å². The second kappa shape index (κ2) is 11.0. The van der Waals surface area contributed by atoms with Gasteiger partial charge in [0, 0.05) is 17.1 Å². The van der Waals surface area contributed by atoms with Crippen LogP contribution in [0.1, 0.15) is 18.1 Å². The summed E-state index contributed by atoms with van der Waals surface area (Å²) >= 11 is 7.05. The highest BCUT2D eigenvalue weighted by Crippen LogP contribution is 2.33. The molecule has 0 aliphatic carbocycles. The summed E-state index contributed by atoms with van der Waals surface area (Å²) < 4.78 is 18.5. The third-order valence-corrected chi connectivity index (χ3v) is 6.82. The number of carboxylic acid groups (broad SMARTS) is 1. The first kappa shape index (κ1) is 24.7. The summed E-state index contributed by atoms with van der Waals surface area (Å²) in [6.45, 7) is 3.13. The Balaban J connectivity index is 1.29. The molecule has 0 fully saturated rings. The van der Waals surface area contributed by atoms with Crippen LogP contribution >= 0.6 is 23.4 Å². The highest BCUT2D eigenvalue weighted by Gasteiger charge is 2.18. The fraction of sp³-hybridized carbons (Fsp3) is 0.148. The van der Waals surface area contributed by atoms with Crippen LogP contribution in [0.15, 0.2) is 76.8 Å². The van der Waals surface area contributed by atoms with Gasteiger partial charge in [-0.2, -0.15) is 0 Å². The topological polar surface area (TPSA) is 95.7 Å². The summed E-state index contributed by atoms with van der Waals surface area (Å²) in [6, 6.07) is 20.2. The molecule has 1 N–H and O–H groups in total. The number of fused-ring (bicyclic) bond motifs is 1. The minimum absolute atomic E-state index is 0.124. The summed E-state index contributed by atoms with van der Waals surface area (Å²) in [4.78, 5) is 12.1. The summed E-state index contributed by atoms with van der Waals surface area (Å²) in [7, 11) is 0. The average molecular weight is 536 g/mol. The minimum Gasteiger partial charge on any atom is -0.489 e. The lowest BCUT2D eigenvalue weighted by atomic mass is 10.2. The summed E-state index contributed by atoms with van der Waals surface area (Å²) in [6.07, 6.45) is 1.60. The molecule has 0 spiro atoms. The fourth-order valence-electron chi connectivity index (χ4n) is 3.70. The highest BCUT2D eigenvalue weighted by molar-refractivity contribution is 8.04. The van der Waals surface area contributed by atoms with E-state index < -0.39 is 5.97 Å². The van der Waals surface area contributed by atoms with Crippen molar-refractivity contribution in [2.45, 2.75) is 25.2 Å². The normalized spacial score (nSPS) is 12.5. The van der Waals surface area contributed by atoms with E-state index >= 15 is 0 Å². The number of nitrogens with zero attached hydrogens (tertiary/aromatic N) is 3. The first-order valence-corrected chi connectivity index (χ1v) is 12.6. The van der Waals surface area contributed by atoms with Crippen molar-refractivity contribution in [1.82, 2.24) is 14.8 Å². The summed E-state index contributed by atoms with van der Waals surface area (Å²) in [5.41, 5.74) is 2.53. The van der Waals surface area contributed by atoms with Gasteiger partial charge in [-0.1, -0.05) is 29.8 Å². The van der Waals surface area contributed by atoms with Crippen LogP contribution in [0.5, 0.6) is 17.2 Å². The number of aromatic nitrogens is 3. The maximum atomic E-state index is 12.0. The molecule has 1 aliphatic heterocycles. The molecule has 1 aromatic heterocycles. The zero-order chi connectivity index (χ0) is 25.8. The maximum absolute atomic E-state index is 12.0. The Morgan fingerprint density at radius 3 is 2.57 bits per heavy atom. The number of hydrogen-bond acceptors (Lipinski definition) is 7. The van der Waals surface area contributed by atoms with Gasteiger partial charge in [0.05, 0.1) is 0 Å². The van der Waals surface area contributed by atoms with Gasteiger partial charge in [0.1, 0.15) is 17.3 Å². The fourth-order valence-corrected chi connectivity index (χ4v) is 4.72. The molecule has 37 heavy (non-hydrogen) atoms. The lowest BCUT2D eigenvalue weighted by Gasteiger charge is -2.09. The number of carboxylic acids is 1. The highest BCUT2D eigenvalue weighted by atomic mass is 35.5. The van der Waals surface area contributed by atoms with Crippen LogP contribution in [-0.2, 0) is 17.9 Å². The van der Waals surface area contributed by atoms with E-state index in [0.717, 1.165) is 34.2 Å². The molecule has 0 bridgehead atoms. The Morgan fingerprint density at radius 1 is 1.08 bits per heavy atom. The van der Waals surface area contributed by atoms with Crippen molar-refractivity contribution in [2.24, 2.45) is 0 Å². The van der Waals surface area contributed by atoms with Crippen molar-refractivity contribution >= 4 is 35.4 Å². The Kier molecular flexibility index (Phi) is 7.34. The largest absolute Gasteiger partial charge is 0.489 e. The van der Waals surface area contributed by atoms with Crippen molar-refractivity contribution < 1.29 is 24.1 Å². The molecular weight excluding hydrogens is 514 g/mol. The molecule has 0 unspecified atom stereocenters. The van der Waals surface area contributed by atoms with Crippen LogP contribution in [0, 0.1) is 0 Å². The van der Waals surface area contributed by atoms with Crippen molar-refractivity contribution in [3.05, 3.63) is 87.8 Å². The maximum Gasteiger partial charge on any atom is 0.342 e. The molecule has 0 saturated carbocycles. The van der Waals surface area contributed by atoms with E-state index in [2.05, 4.69) is 10.2 Å². The number of benzene rings is 3. The van der Waals surface area contributed by atoms with Crippen LogP contribution in [0.2, 0.25) is 5.02 Å². The number of rotatable bonds is 9. The van der Waals surface area contributed by atoms with Gasteiger partial charge in [-0.25, -0.2) is 4.79 Å². The van der Waals surface area contributed by atoms with Crippen LogP contribution in [0.3, 0.4) is 0 Å². The second-order valence-corrected chi connectivity index (χ2v) is 9.46. The Hall–Kier alpha value is -3.95. The van der Waals surface area contributed by atoms with Crippen molar-refractivity contribution in [1.29, 1.82) is 0 Å². The molecule has 3 aromatic carbocycles. The lowest BCUT2D eigenvalue weighted by molar-refractivity contribution is -0.131. The van der Waals surface area contributed by atoms with E-state index in [-0.39, 0.29) is 11.7 Å². The van der Waals surface area contributed by atoms with Crippen molar-refractivity contribution in [3.8, 4) is 28.6 Å². The van der Waals surface area contributed by atoms with Gasteiger partial charge in [-0.3, -0.25) is 0 Å². The molecule has 2 heterocycles. The SMILES string of the molecule is CCn1c(S/C(=C\c2ccc(OCc3ccc4c(c3)OCO4)cc2)C(=O)O)nnc1-c1ccc(Cl)cc1. The Morgan fingerprint density at radius 2 is 1.84 bits per heavy atom. The minimum atomic E-state index is -1.05. The van der Waals surface area contributed by atoms with Crippen molar-refractivity contribution in [2.75, 3.05) is 6.79 Å². The van der Waals surface area contributed by atoms with E-state index in [1.165, 1.54) is 0 Å². The molecule has 0 amide bonds. The van der Waals surface area contributed by atoms with Gasteiger partial charge >= 0.3 is 5.97 Å². The zero-order valence-electron chi connectivity index (χ0n) is 19.8. The molecule has 4 aromatic rings. The number of hydrogen-bond donors (Lipinski definition) is 1. The van der Waals surface area contributed by atoms with Crippen LogP contribution in [0.4, 0.5) is 0 Å². The zero-order valence-corrected chi connectivity index (χ0v) is 21.3. The predicted molar refractivity (Wildman–Crippen MR) is 141 cm³/mol. The van der Waals surface area contributed by atoms with Crippen LogP contribution in [0.25, 0.3) is 17.5 Å². The van der Waals surface area contributed by atoms with Gasteiger partial charge in [-0.15, -0.1) is 10.2 Å². The third-order valence-electron chi connectivity index (χ3n) is 5.57. The number of ether oxygens (including phenoxy) is 3. The predicted octanol–water partition coefficient (Wildman–Crippen LogP) is 6.14. The summed E-state index contributed by atoms with van der Waals surface area (Å²) in [5.74, 6) is 1.70. The number of halogens is 1. The number of carbonyl (C=O) groups is 1. The van der Waals surface area contributed by atoms with E-state index in [4.69, 9.17) is 25.8 Å². The molecule has 0 saturated heterocycles. The molecule has 0 radical (unpaired) electrons. The standard InChI is InChI=1S/C27H22ClN3O5S/c1-2-31-25(19-6-8-20(28)9-7-19)29-30-27(31)37-24(26(32)33)14-17-3-10-21(11-4-17)34-15-18-5-12-22-23(13-18)36-16-35-22/h3-14H,2,15-16H2,1H3,(H,32,33)/b24-14-. The second-order valence-electron chi connectivity index (χ2n) is 8.02. The van der Waals surface area contributed by atoms with E-state index in [1.807, 2.05) is 54.0 Å². The van der Waals surface area contributed by atoms with Crippen LogP contribution in [-0.4, -0.2) is 32.6 Å². The molecule has 1 aliphatic rings. The first-order valence-electron chi connectivity index (χ1n) is 11.4. The average Bonchev–Trinajstić information content (AvgIpc) is 3.54. The number of aliphatic carboxylic acids is 1. The first-order chi connectivity index (χ1) is 18.0. The van der Waals surface area contributed by atoms with E-state index in [9.17, 15) is 9.90 Å². The Bertz CT molecular complexity index is 1450. The van der Waals surface area contributed by atoms with Gasteiger partial charge in [0.2, 0.25) is 6.79 Å². The quantitative estimate of drug-likeness (QED) is 0.201. The molecule has 10 heteroatoms. The van der Waals surface area contributed by atoms with E-state index in [1.54, 1.807) is 30.3 Å². The lowest BCUT2D eigenvalue weighted by Crippen LogP contribution is -2.02. The van der Waals surface area contributed by atoms with Crippen molar-refractivity contribution in [3.63, 3.8) is 0 Å². The monoisotopic (exact) mass is 535 g/mol.